The molecule has 28 heavy (non-hydrogen) atoms. The van der Waals surface area contributed by atoms with Gasteiger partial charge in [-0.15, -0.1) is 11.3 Å². The molecular weight excluding hydrogens is 380 g/mol. The minimum absolute atomic E-state index is 0.0303. The van der Waals surface area contributed by atoms with Crippen molar-refractivity contribution in [2.75, 3.05) is 13.2 Å². The molecule has 1 aromatic heterocycles. The first-order valence-electron chi connectivity index (χ1n) is 8.69. The van der Waals surface area contributed by atoms with Crippen LogP contribution in [0, 0.1) is 0 Å². The zero-order chi connectivity index (χ0) is 19.9. The molecule has 0 aliphatic carbocycles. The summed E-state index contributed by atoms with van der Waals surface area (Å²) in [6.45, 7) is 1.87. The van der Waals surface area contributed by atoms with Crippen molar-refractivity contribution in [1.82, 2.24) is 0 Å². The van der Waals surface area contributed by atoms with Gasteiger partial charge in [-0.25, -0.2) is 9.59 Å². The van der Waals surface area contributed by atoms with Gasteiger partial charge in [-0.3, -0.25) is 4.79 Å². The van der Waals surface area contributed by atoms with Gasteiger partial charge in [-0.1, -0.05) is 24.3 Å². The van der Waals surface area contributed by atoms with Gasteiger partial charge in [-0.05, 0) is 31.2 Å². The lowest BCUT2D eigenvalue weighted by Gasteiger charge is -2.08. The molecule has 0 spiro atoms. The van der Waals surface area contributed by atoms with Crippen LogP contribution in [0.4, 0.5) is 4.79 Å². The summed E-state index contributed by atoms with van der Waals surface area (Å²) in [4.78, 5) is 36.0. The maximum Gasteiger partial charge on any atom is 0.513 e. The highest BCUT2D eigenvalue weighted by Gasteiger charge is 2.14. The molecule has 0 aliphatic rings. The number of carbonyl (C=O) groups excluding carboxylic acids is 2. The largest absolute Gasteiger partial charge is 0.513 e. The van der Waals surface area contributed by atoms with E-state index in [2.05, 4.69) is 0 Å². The van der Waals surface area contributed by atoms with Gasteiger partial charge in [0.05, 0.1) is 18.6 Å². The van der Waals surface area contributed by atoms with Crippen LogP contribution in [0.5, 0.6) is 5.75 Å². The van der Waals surface area contributed by atoms with Crippen molar-refractivity contribution in [2.45, 2.75) is 13.3 Å². The number of ether oxygens (including phenoxy) is 3. The number of hydrogen-bond acceptors (Lipinski definition) is 7. The average molecular weight is 398 g/mol. The highest BCUT2D eigenvalue weighted by Crippen LogP contribution is 2.30. The molecule has 0 saturated carbocycles. The first-order chi connectivity index (χ1) is 13.6. The molecule has 6 nitrogen and oxygen atoms in total. The van der Waals surface area contributed by atoms with E-state index in [4.69, 9.17) is 14.2 Å². The van der Waals surface area contributed by atoms with Gasteiger partial charge in [0.2, 0.25) is 0 Å². The van der Waals surface area contributed by atoms with Crippen molar-refractivity contribution in [3.63, 3.8) is 0 Å². The maximum absolute atomic E-state index is 12.8. The average Bonchev–Trinajstić information content (AvgIpc) is 2.68. The molecular formula is C21H18O6S. The van der Waals surface area contributed by atoms with Crippen molar-refractivity contribution < 1.29 is 23.8 Å². The molecule has 0 saturated heterocycles. The van der Waals surface area contributed by atoms with Crippen molar-refractivity contribution in [3.8, 4) is 5.75 Å². The predicted octanol–water partition coefficient (Wildman–Crippen LogP) is 4.44. The molecule has 144 valence electrons. The summed E-state index contributed by atoms with van der Waals surface area (Å²) in [5.41, 5.74) is -0.191. The highest BCUT2D eigenvalue weighted by atomic mass is 32.1. The number of esters is 1. The minimum atomic E-state index is -0.912. The van der Waals surface area contributed by atoms with Crippen LogP contribution in [0.1, 0.15) is 13.3 Å². The zero-order valence-electron chi connectivity index (χ0n) is 15.2. The topological polar surface area (TPSA) is 78.9 Å². The summed E-state index contributed by atoms with van der Waals surface area (Å²) in [5.74, 6) is -0.286. The van der Waals surface area contributed by atoms with Gasteiger partial charge in [-0.2, -0.15) is 0 Å². The van der Waals surface area contributed by atoms with Crippen LogP contribution in [-0.4, -0.2) is 25.3 Å². The van der Waals surface area contributed by atoms with Crippen LogP contribution in [-0.2, 0) is 14.3 Å². The third-order valence-electron chi connectivity index (χ3n) is 3.82. The van der Waals surface area contributed by atoms with Crippen LogP contribution < -0.4 is 10.2 Å². The van der Waals surface area contributed by atoms with Crippen LogP contribution in [0.15, 0.2) is 59.4 Å². The normalized spacial score (nSPS) is 11.0. The van der Waals surface area contributed by atoms with Crippen molar-refractivity contribution in [1.29, 1.82) is 0 Å². The summed E-state index contributed by atoms with van der Waals surface area (Å²) in [5, 5.41) is 0.927. The molecule has 0 fully saturated rings. The molecule has 1 heterocycles. The molecule has 7 heteroatoms. The molecule has 0 unspecified atom stereocenters. The molecule has 0 aliphatic heterocycles. The Hall–Kier alpha value is -3.19. The van der Waals surface area contributed by atoms with Gasteiger partial charge >= 0.3 is 12.1 Å². The number of allylic oxidation sites excluding steroid dienone is 1. The van der Waals surface area contributed by atoms with Crippen LogP contribution in [0.25, 0.3) is 20.2 Å². The summed E-state index contributed by atoms with van der Waals surface area (Å²) in [6.07, 6.45) is 2.31. The smallest absolute Gasteiger partial charge is 0.462 e. The van der Waals surface area contributed by atoms with Gasteiger partial charge < -0.3 is 14.2 Å². The van der Waals surface area contributed by atoms with Crippen LogP contribution >= 0.6 is 11.3 Å². The zero-order valence-corrected chi connectivity index (χ0v) is 16.0. The third-order valence-corrected chi connectivity index (χ3v) is 4.95. The Bertz CT molecular complexity index is 1100. The van der Waals surface area contributed by atoms with Crippen LogP contribution in [0.2, 0.25) is 0 Å². The third kappa shape index (κ3) is 4.55. The summed E-state index contributed by atoms with van der Waals surface area (Å²) >= 11 is 1.45. The highest BCUT2D eigenvalue weighted by molar-refractivity contribution is 7.24. The number of hydrogen-bond donors (Lipinski definition) is 0. The quantitative estimate of drug-likeness (QED) is 0.201. The second kappa shape index (κ2) is 9.14. The minimum Gasteiger partial charge on any atom is -0.462 e. The molecule has 0 N–H and O–H groups in total. The van der Waals surface area contributed by atoms with Crippen molar-refractivity contribution >= 4 is 43.6 Å². The Morgan fingerprint density at radius 3 is 2.57 bits per heavy atom. The van der Waals surface area contributed by atoms with Gasteiger partial charge in [0, 0.05) is 27.3 Å². The molecule has 0 amide bonds. The lowest BCUT2D eigenvalue weighted by molar-refractivity contribution is -0.138. The predicted molar refractivity (Wildman–Crippen MR) is 108 cm³/mol. The molecule has 3 rings (SSSR count). The molecule has 2 aromatic carbocycles. The first-order valence-corrected chi connectivity index (χ1v) is 9.50. The molecule has 0 atom stereocenters. The number of rotatable bonds is 6. The lowest BCUT2D eigenvalue weighted by atomic mass is 10.1. The van der Waals surface area contributed by atoms with Crippen molar-refractivity contribution in [2.24, 2.45) is 0 Å². The van der Waals surface area contributed by atoms with Crippen LogP contribution in [0.3, 0.4) is 0 Å². The number of fused-ring (bicyclic) bond motifs is 2. The van der Waals surface area contributed by atoms with E-state index in [9.17, 15) is 14.4 Å². The lowest BCUT2D eigenvalue weighted by Crippen LogP contribution is -2.14. The summed E-state index contributed by atoms with van der Waals surface area (Å²) in [6, 6.07) is 12.4. The molecule has 3 aromatic rings. The first kappa shape index (κ1) is 19.6. The van der Waals surface area contributed by atoms with E-state index in [0.29, 0.717) is 17.2 Å². The number of benzene rings is 2. The fourth-order valence-corrected chi connectivity index (χ4v) is 3.69. The maximum atomic E-state index is 12.8. The van der Waals surface area contributed by atoms with Gasteiger partial charge in [0.1, 0.15) is 5.75 Å². The van der Waals surface area contributed by atoms with E-state index in [-0.39, 0.29) is 24.4 Å². The Labute approximate surface area is 165 Å². The summed E-state index contributed by atoms with van der Waals surface area (Å²) in [7, 11) is 0. The Morgan fingerprint density at radius 1 is 1.00 bits per heavy atom. The van der Waals surface area contributed by atoms with E-state index < -0.39 is 12.1 Å². The van der Waals surface area contributed by atoms with Crippen molar-refractivity contribution in [3.05, 3.63) is 64.8 Å². The second-order valence-electron chi connectivity index (χ2n) is 5.78. The van der Waals surface area contributed by atoms with Gasteiger partial charge in [0.15, 0.2) is 5.43 Å². The summed E-state index contributed by atoms with van der Waals surface area (Å²) < 4.78 is 16.7. The molecule has 0 bridgehead atoms. The van der Waals surface area contributed by atoms with E-state index in [1.54, 1.807) is 37.3 Å². The molecule has 0 radical (unpaired) electrons. The van der Waals surface area contributed by atoms with Gasteiger partial charge in [0.25, 0.3) is 0 Å². The van der Waals surface area contributed by atoms with E-state index >= 15 is 0 Å². The SMILES string of the molecule is CC=CC(=O)OCCCOC(=O)Oc1cccc2sc3ccccc3c(=O)c12. The Balaban J connectivity index is 1.67. The Morgan fingerprint density at radius 2 is 1.75 bits per heavy atom. The monoisotopic (exact) mass is 398 g/mol. The van der Waals surface area contributed by atoms with E-state index in [0.717, 1.165) is 9.40 Å². The van der Waals surface area contributed by atoms with E-state index in [1.807, 2.05) is 18.2 Å². The Kier molecular flexibility index (Phi) is 6.39. The fourth-order valence-electron chi connectivity index (χ4n) is 2.59. The van der Waals surface area contributed by atoms with E-state index in [1.165, 1.54) is 17.4 Å². The fraction of sp³-hybridized carbons (Fsp3) is 0.190. The standard InChI is InChI=1S/C21H18O6S/c1-2-7-18(22)25-12-6-13-26-21(24)27-15-9-5-11-17-19(15)20(23)14-8-3-4-10-16(14)28-17/h2-5,7-11H,6,12-13H2,1H3. The second-order valence-corrected chi connectivity index (χ2v) is 6.86. The number of carbonyl (C=O) groups is 2.